The normalized spacial score (nSPS) is 43.8. The van der Waals surface area contributed by atoms with E-state index >= 15 is 0 Å². The van der Waals surface area contributed by atoms with Crippen molar-refractivity contribution in [2.24, 2.45) is 35.5 Å². The van der Waals surface area contributed by atoms with Gasteiger partial charge < -0.3 is 0 Å². The highest BCUT2D eigenvalue weighted by molar-refractivity contribution is 4.93. The molecule has 0 N–H and O–H groups in total. The largest absolute Gasteiger partial charge is 0.0530 e. The molecule has 0 radical (unpaired) electrons. The van der Waals surface area contributed by atoms with Gasteiger partial charge in [-0.25, -0.2) is 0 Å². The molecule has 4 rings (SSSR count). The van der Waals surface area contributed by atoms with Crippen molar-refractivity contribution in [2.45, 2.75) is 89.9 Å². The Balaban J connectivity index is 1.37. The van der Waals surface area contributed by atoms with E-state index in [9.17, 15) is 0 Å². The summed E-state index contributed by atoms with van der Waals surface area (Å²) in [5.74, 6) is 6.90. The molecule has 0 aliphatic heterocycles. The summed E-state index contributed by atoms with van der Waals surface area (Å²) in [4.78, 5) is 0. The zero-order chi connectivity index (χ0) is 13.4. The van der Waals surface area contributed by atoms with Crippen LogP contribution in [0.4, 0.5) is 0 Å². The third-order valence-corrected chi connectivity index (χ3v) is 7.82. The first-order chi connectivity index (χ1) is 9.92. The standard InChI is InChI=1S/C20H34/c1-2-7-15(6-1)17-12-13-18(14-17)20-11-5-10-19(20)16-8-3-4-9-16/h15-20H,1-14H2. The fraction of sp³-hybridized carbons (Fsp3) is 1.00. The summed E-state index contributed by atoms with van der Waals surface area (Å²) >= 11 is 0. The highest BCUT2D eigenvalue weighted by Crippen LogP contribution is 2.53. The maximum atomic E-state index is 1.64. The molecule has 0 aromatic carbocycles. The zero-order valence-corrected chi connectivity index (χ0v) is 13.4. The highest BCUT2D eigenvalue weighted by Gasteiger charge is 2.42. The van der Waals surface area contributed by atoms with Gasteiger partial charge in [0.25, 0.3) is 0 Å². The average Bonchev–Trinajstić information content (AvgIpc) is 3.23. The Bertz CT molecular complexity index is 308. The molecule has 0 spiro atoms. The number of hydrogen-bond acceptors (Lipinski definition) is 0. The van der Waals surface area contributed by atoms with Crippen LogP contribution in [0.15, 0.2) is 0 Å². The summed E-state index contributed by atoms with van der Waals surface area (Å²) in [6, 6.07) is 0. The van der Waals surface area contributed by atoms with Crippen LogP contribution < -0.4 is 0 Å². The van der Waals surface area contributed by atoms with Gasteiger partial charge in [-0.2, -0.15) is 0 Å². The van der Waals surface area contributed by atoms with E-state index in [2.05, 4.69) is 0 Å². The fourth-order valence-corrected chi connectivity index (χ4v) is 6.87. The predicted molar refractivity (Wildman–Crippen MR) is 85.6 cm³/mol. The van der Waals surface area contributed by atoms with Gasteiger partial charge in [0.05, 0.1) is 0 Å². The molecular formula is C20H34. The van der Waals surface area contributed by atoms with E-state index in [0.717, 1.165) is 35.5 Å². The molecule has 0 aromatic heterocycles. The van der Waals surface area contributed by atoms with Crippen molar-refractivity contribution < 1.29 is 0 Å². The van der Waals surface area contributed by atoms with Gasteiger partial charge in [-0.1, -0.05) is 57.8 Å². The fourth-order valence-electron chi connectivity index (χ4n) is 6.87. The van der Waals surface area contributed by atoms with Crippen LogP contribution in [0.2, 0.25) is 0 Å². The molecule has 0 bridgehead atoms. The smallest absolute Gasteiger partial charge is 0.0355 e. The minimum absolute atomic E-state index is 1.14. The molecule has 4 fully saturated rings. The van der Waals surface area contributed by atoms with Gasteiger partial charge in [0.15, 0.2) is 0 Å². The van der Waals surface area contributed by atoms with Crippen LogP contribution in [0.3, 0.4) is 0 Å². The van der Waals surface area contributed by atoms with E-state index in [1.165, 1.54) is 0 Å². The van der Waals surface area contributed by atoms with Crippen LogP contribution in [0.1, 0.15) is 89.9 Å². The first-order valence-corrected chi connectivity index (χ1v) is 9.92. The molecule has 0 aromatic rings. The summed E-state index contributed by atoms with van der Waals surface area (Å²) in [5, 5.41) is 0. The highest BCUT2D eigenvalue weighted by atomic mass is 14.5. The number of hydrogen-bond donors (Lipinski definition) is 0. The molecule has 0 amide bonds. The van der Waals surface area contributed by atoms with Crippen LogP contribution in [-0.4, -0.2) is 0 Å². The second-order valence-electron chi connectivity index (χ2n) is 8.68. The van der Waals surface area contributed by atoms with E-state index in [1.807, 2.05) is 0 Å². The summed E-state index contributed by atoms with van der Waals surface area (Å²) in [5.41, 5.74) is 0. The molecule has 4 aliphatic rings. The molecule has 0 saturated heterocycles. The van der Waals surface area contributed by atoms with E-state index in [-0.39, 0.29) is 0 Å². The van der Waals surface area contributed by atoms with Gasteiger partial charge in [0.2, 0.25) is 0 Å². The summed E-state index contributed by atoms with van der Waals surface area (Å²) in [6.07, 6.45) is 22.1. The Kier molecular flexibility index (Phi) is 4.10. The first-order valence-electron chi connectivity index (χ1n) is 9.92. The lowest BCUT2D eigenvalue weighted by atomic mass is 9.75. The summed E-state index contributed by atoms with van der Waals surface area (Å²) < 4.78 is 0. The van der Waals surface area contributed by atoms with E-state index in [0.29, 0.717) is 0 Å². The average molecular weight is 274 g/mol. The molecule has 4 atom stereocenters. The molecular weight excluding hydrogens is 240 g/mol. The van der Waals surface area contributed by atoms with Crippen molar-refractivity contribution in [1.82, 2.24) is 0 Å². The lowest BCUT2D eigenvalue weighted by Gasteiger charge is -2.30. The van der Waals surface area contributed by atoms with Gasteiger partial charge in [-0.3, -0.25) is 0 Å². The molecule has 20 heavy (non-hydrogen) atoms. The van der Waals surface area contributed by atoms with Crippen molar-refractivity contribution in [3.05, 3.63) is 0 Å². The molecule has 4 aliphatic carbocycles. The van der Waals surface area contributed by atoms with E-state index in [4.69, 9.17) is 0 Å². The molecule has 4 saturated carbocycles. The van der Waals surface area contributed by atoms with Gasteiger partial charge in [0, 0.05) is 0 Å². The monoisotopic (exact) mass is 274 g/mol. The third kappa shape index (κ3) is 2.57. The SMILES string of the molecule is C1CCC(C2CCC(C3CCCC3C3CCCC3)C2)C1. The lowest BCUT2D eigenvalue weighted by Crippen LogP contribution is -2.23. The van der Waals surface area contributed by atoms with Crippen LogP contribution >= 0.6 is 0 Å². The Morgan fingerprint density at radius 1 is 0.350 bits per heavy atom. The quantitative estimate of drug-likeness (QED) is 0.575. The van der Waals surface area contributed by atoms with Crippen LogP contribution in [0.25, 0.3) is 0 Å². The van der Waals surface area contributed by atoms with E-state index < -0.39 is 0 Å². The Labute approximate surface area is 126 Å². The second kappa shape index (κ2) is 6.01. The Morgan fingerprint density at radius 3 is 1.60 bits per heavy atom. The molecule has 4 unspecified atom stereocenters. The molecule has 0 heteroatoms. The third-order valence-electron chi connectivity index (χ3n) is 7.82. The van der Waals surface area contributed by atoms with Crippen LogP contribution in [0, 0.1) is 35.5 Å². The maximum absolute atomic E-state index is 1.64. The lowest BCUT2D eigenvalue weighted by molar-refractivity contribution is 0.187. The van der Waals surface area contributed by atoms with Gasteiger partial charge in [0.1, 0.15) is 0 Å². The first kappa shape index (κ1) is 13.6. The van der Waals surface area contributed by atoms with Gasteiger partial charge in [-0.05, 0) is 67.6 Å². The molecule has 114 valence electrons. The van der Waals surface area contributed by atoms with E-state index in [1.54, 1.807) is 89.9 Å². The summed E-state index contributed by atoms with van der Waals surface area (Å²) in [6.45, 7) is 0. The van der Waals surface area contributed by atoms with Crippen LogP contribution in [0.5, 0.6) is 0 Å². The Morgan fingerprint density at radius 2 is 0.900 bits per heavy atom. The minimum atomic E-state index is 1.14. The van der Waals surface area contributed by atoms with Crippen molar-refractivity contribution in [3.8, 4) is 0 Å². The van der Waals surface area contributed by atoms with Gasteiger partial charge in [-0.15, -0.1) is 0 Å². The topological polar surface area (TPSA) is 0 Å². The zero-order valence-electron chi connectivity index (χ0n) is 13.4. The van der Waals surface area contributed by atoms with Crippen molar-refractivity contribution in [1.29, 1.82) is 0 Å². The summed E-state index contributed by atoms with van der Waals surface area (Å²) in [7, 11) is 0. The van der Waals surface area contributed by atoms with Crippen molar-refractivity contribution in [2.75, 3.05) is 0 Å². The van der Waals surface area contributed by atoms with Crippen LogP contribution in [-0.2, 0) is 0 Å². The predicted octanol–water partition coefficient (Wildman–Crippen LogP) is 6.20. The minimum Gasteiger partial charge on any atom is -0.0530 e. The van der Waals surface area contributed by atoms with Crippen molar-refractivity contribution in [3.63, 3.8) is 0 Å². The van der Waals surface area contributed by atoms with Gasteiger partial charge >= 0.3 is 0 Å². The Hall–Kier alpha value is 0. The van der Waals surface area contributed by atoms with Crippen molar-refractivity contribution >= 4 is 0 Å². The molecule has 0 heterocycles. The molecule has 0 nitrogen and oxygen atoms in total. The maximum Gasteiger partial charge on any atom is -0.0355 e. The second-order valence-corrected chi connectivity index (χ2v) is 8.68. The number of rotatable bonds is 3.